The van der Waals surface area contributed by atoms with E-state index in [1.54, 1.807) is 108 Å². The lowest BCUT2D eigenvalue weighted by atomic mass is 9.43. The SMILES string of the molecule is CB(c1ccccc1)c1ccccc1.CC1C2CC3CC(C2)CC1C3.CCC1C2CC3CC(C2)CC1C3.CCC1CCCC1.CCC1CCCCC1.Cc1cc(C)cc(C)c1.Cc1ccc(C#N)cc1.Cc1ccc(F)cc1.Cc1cccc(C#N)c1.Cc1cccc(F)c1.Cc1ccccc1F. The van der Waals surface area contributed by atoms with Crippen molar-refractivity contribution < 1.29 is 13.2 Å². The summed E-state index contributed by atoms with van der Waals surface area (Å²) in [6.45, 7) is 28.1. The smallest absolute Gasteiger partial charge is 0.206 e. The molecule has 10 saturated carbocycles. The summed E-state index contributed by atoms with van der Waals surface area (Å²) in [5, 5.41) is 16.8. The lowest BCUT2D eigenvalue weighted by Crippen LogP contribution is -2.44. The third-order valence-electron chi connectivity index (χ3n) is 23.3. The van der Waals surface area contributed by atoms with Gasteiger partial charge in [-0.05, 0) is 262 Å². The molecule has 0 N–H and O–H groups in total. The van der Waals surface area contributed by atoms with Crippen LogP contribution < -0.4 is 10.9 Å². The molecule has 103 heavy (non-hydrogen) atoms. The fourth-order valence-electron chi connectivity index (χ4n) is 17.8. The molecular formula is C97H128BF3N2. The van der Waals surface area contributed by atoms with Gasteiger partial charge in [0.1, 0.15) is 17.5 Å². The molecule has 0 unspecified atom stereocenters. The summed E-state index contributed by atoms with van der Waals surface area (Å²) < 4.78 is 36.6. The Balaban J connectivity index is 0.000000179. The minimum absolute atomic E-state index is 0.132. The van der Waals surface area contributed by atoms with Gasteiger partial charge in [-0.3, -0.25) is 0 Å². The average Bonchev–Trinajstić information content (AvgIpc) is 0.899. The van der Waals surface area contributed by atoms with Crippen LogP contribution in [0.3, 0.4) is 0 Å². The van der Waals surface area contributed by atoms with Crippen LogP contribution in [0.1, 0.15) is 225 Å². The number of rotatable bonds is 5. The lowest BCUT2D eigenvalue weighted by molar-refractivity contribution is -0.0376. The molecule has 550 valence electrons. The van der Waals surface area contributed by atoms with Crippen molar-refractivity contribution in [3.05, 3.63) is 273 Å². The highest BCUT2D eigenvalue weighted by atomic mass is 19.1. The number of hydrogen-bond donors (Lipinski definition) is 0. The first-order valence-corrected chi connectivity index (χ1v) is 39.9. The number of benzene rings is 8. The first kappa shape index (κ1) is 84.5. The van der Waals surface area contributed by atoms with Crippen LogP contribution in [0.15, 0.2) is 200 Å². The maximum atomic E-state index is 12.3. The number of halogens is 3. The molecule has 8 bridgehead atoms. The maximum absolute atomic E-state index is 12.3. The lowest BCUT2D eigenvalue weighted by Gasteiger charge is -2.54. The Kier molecular flexibility index (Phi) is 38.1. The summed E-state index contributed by atoms with van der Waals surface area (Å²) in [6, 6.07) is 66.5. The van der Waals surface area contributed by atoms with Crippen molar-refractivity contribution in [3.63, 3.8) is 0 Å². The van der Waals surface area contributed by atoms with Crippen LogP contribution in [-0.4, -0.2) is 6.71 Å². The van der Waals surface area contributed by atoms with Gasteiger partial charge in [-0.2, -0.15) is 10.5 Å². The fourth-order valence-corrected chi connectivity index (χ4v) is 17.8. The van der Waals surface area contributed by atoms with E-state index in [1.165, 1.54) is 141 Å². The van der Waals surface area contributed by atoms with Crippen LogP contribution in [0.4, 0.5) is 13.2 Å². The molecule has 0 aromatic heterocycles. The highest BCUT2D eigenvalue weighted by Gasteiger charge is 2.48. The van der Waals surface area contributed by atoms with Crippen molar-refractivity contribution in [2.24, 2.45) is 71.0 Å². The molecule has 0 spiro atoms. The van der Waals surface area contributed by atoms with Gasteiger partial charge >= 0.3 is 0 Å². The summed E-state index contributed by atoms with van der Waals surface area (Å²) in [4.78, 5) is 0. The van der Waals surface area contributed by atoms with Crippen molar-refractivity contribution in [1.29, 1.82) is 10.5 Å². The topological polar surface area (TPSA) is 47.6 Å². The highest BCUT2D eigenvalue weighted by Crippen LogP contribution is 2.58. The fraction of sp³-hybridized carbons (Fsp3) is 0.485. The average molecular weight is 1390 g/mol. The van der Waals surface area contributed by atoms with Crippen molar-refractivity contribution in [2.75, 3.05) is 0 Å². The number of nitrogens with zero attached hydrogens (tertiary/aromatic N) is 2. The minimum atomic E-state index is -0.171. The predicted octanol–water partition coefficient (Wildman–Crippen LogP) is 26.8. The molecule has 0 radical (unpaired) electrons. The molecule has 8 aromatic rings. The molecule has 0 saturated heterocycles. The monoisotopic (exact) mass is 1390 g/mol. The number of nitriles is 2. The Morgan fingerprint density at radius 2 is 0.738 bits per heavy atom. The molecule has 10 fully saturated rings. The van der Waals surface area contributed by atoms with Gasteiger partial charge in [-0.25, -0.2) is 13.2 Å². The summed E-state index contributed by atoms with van der Waals surface area (Å²) >= 11 is 0. The van der Waals surface area contributed by atoms with Crippen LogP contribution in [0, 0.1) is 167 Å². The number of hydrogen-bond acceptors (Lipinski definition) is 2. The quantitative estimate of drug-likeness (QED) is 0.161. The highest BCUT2D eigenvalue weighted by molar-refractivity contribution is 6.84. The summed E-state index contributed by atoms with van der Waals surface area (Å²) in [5.74, 6) is 13.2. The first-order valence-electron chi connectivity index (χ1n) is 39.9. The van der Waals surface area contributed by atoms with Crippen LogP contribution in [0.5, 0.6) is 0 Å². The normalized spacial score (nSPS) is 22.2. The zero-order chi connectivity index (χ0) is 74.5. The third kappa shape index (κ3) is 31.4. The summed E-state index contributed by atoms with van der Waals surface area (Å²) in [6.07, 6.45) is 33.8. The van der Waals surface area contributed by atoms with E-state index < -0.39 is 0 Å². The second kappa shape index (κ2) is 46.4. The van der Waals surface area contributed by atoms with Crippen LogP contribution >= 0.6 is 0 Å². The summed E-state index contributed by atoms with van der Waals surface area (Å²) in [5.41, 5.74) is 13.3. The van der Waals surface area contributed by atoms with Gasteiger partial charge < -0.3 is 0 Å². The molecule has 6 heteroatoms. The zero-order valence-corrected chi connectivity index (χ0v) is 65.6. The zero-order valence-electron chi connectivity index (χ0n) is 65.6. The van der Waals surface area contributed by atoms with Gasteiger partial charge in [-0.15, -0.1) is 0 Å². The van der Waals surface area contributed by atoms with Gasteiger partial charge in [-0.1, -0.05) is 296 Å². The van der Waals surface area contributed by atoms with Crippen molar-refractivity contribution in [1.82, 2.24) is 0 Å². The second-order valence-corrected chi connectivity index (χ2v) is 31.8. The molecule has 0 atom stereocenters. The van der Waals surface area contributed by atoms with E-state index in [0.29, 0.717) is 12.3 Å². The second-order valence-electron chi connectivity index (χ2n) is 31.8. The van der Waals surface area contributed by atoms with Crippen LogP contribution in [0.2, 0.25) is 6.82 Å². The van der Waals surface area contributed by atoms with E-state index in [9.17, 15) is 13.2 Å². The van der Waals surface area contributed by atoms with E-state index in [-0.39, 0.29) is 17.5 Å². The Labute approximate surface area is 625 Å². The van der Waals surface area contributed by atoms with Crippen molar-refractivity contribution in [3.8, 4) is 12.1 Å². The van der Waals surface area contributed by atoms with E-state index in [1.807, 2.05) is 82.3 Å². The standard InChI is InChI=1S/C13H13B.C12H20.C11H18.C9H12.2C8H7N.C8H16.3C7H7F.C7H14/c1-14(12-8-4-2-5-9-12)13-10-6-3-7-11-13;1-2-12-10-4-8-3-9(6-10)7-11(12)5-8;1-7-10-3-8-2-9(5-10)6-11(7)4-8;1-7-4-8(2)6-9(3)5-7;1-7-2-4-8(6-9)5-3-7;1-7-3-2-4-8(5-7)6-9;1-2-8-6-4-3-5-7-8;1-6-2-4-7(8)5-3-6;1-6-3-2-4-7(8)5-6;1-6-4-2-3-5-7(6)8;1-2-7-5-3-4-6-7/h2-11H,1H3;8-12H,2-7H2,1H3;7-11H,2-6H2,1H3;4-6H,1-3H3;2*2-5H,1H3;8H,2-7H2,1H3;3*2-5H,1H3;7H,2-6H2,1H3. The molecule has 2 nitrogen and oxygen atoms in total. The molecule has 10 aliphatic carbocycles. The largest absolute Gasteiger partial charge is 0.207 e. The van der Waals surface area contributed by atoms with Gasteiger partial charge in [0.25, 0.3) is 0 Å². The van der Waals surface area contributed by atoms with E-state index in [4.69, 9.17) is 10.5 Å². The Morgan fingerprint density at radius 1 is 0.350 bits per heavy atom. The summed E-state index contributed by atoms with van der Waals surface area (Å²) in [7, 11) is 0. The molecular weight excluding hydrogens is 1260 g/mol. The molecule has 18 rings (SSSR count). The van der Waals surface area contributed by atoms with Gasteiger partial charge in [0.2, 0.25) is 6.71 Å². The molecule has 10 aliphatic rings. The minimum Gasteiger partial charge on any atom is -0.207 e. The first-order chi connectivity index (χ1) is 49.6. The number of aryl methyl sites for hydroxylation is 8. The molecule has 0 aliphatic heterocycles. The van der Waals surface area contributed by atoms with Gasteiger partial charge in [0, 0.05) is 0 Å². The van der Waals surface area contributed by atoms with Crippen molar-refractivity contribution in [2.45, 2.75) is 231 Å². The Hall–Kier alpha value is -7.41. The maximum Gasteiger partial charge on any atom is 0.206 e. The Morgan fingerprint density at radius 3 is 1.07 bits per heavy atom. The van der Waals surface area contributed by atoms with E-state index >= 15 is 0 Å². The van der Waals surface area contributed by atoms with E-state index in [2.05, 4.69) is 146 Å². The van der Waals surface area contributed by atoms with Crippen LogP contribution in [-0.2, 0) is 0 Å². The van der Waals surface area contributed by atoms with E-state index in [0.717, 1.165) is 98.8 Å². The van der Waals surface area contributed by atoms with Crippen LogP contribution in [0.25, 0.3) is 0 Å². The molecule has 0 amide bonds. The van der Waals surface area contributed by atoms with Gasteiger partial charge in [0.05, 0.1) is 23.3 Å². The Bertz CT molecular complexity index is 3480. The molecule has 0 heterocycles. The van der Waals surface area contributed by atoms with Gasteiger partial charge in [0.15, 0.2) is 0 Å². The third-order valence-corrected chi connectivity index (χ3v) is 23.3. The predicted molar refractivity (Wildman–Crippen MR) is 436 cm³/mol. The van der Waals surface area contributed by atoms with Crippen molar-refractivity contribution >= 4 is 17.6 Å². The molecule has 8 aromatic carbocycles.